The lowest BCUT2D eigenvalue weighted by Crippen LogP contribution is -2.24. The number of benzene rings is 1. The Labute approximate surface area is 204 Å². The smallest absolute Gasteiger partial charge is 0.0196 e. The van der Waals surface area contributed by atoms with Gasteiger partial charge in [0, 0.05) is 22.2 Å². The molecule has 6 atom stereocenters. The van der Waals surface area contributed by atoms with Crippen LogP contribution in [-0.4, -0.2) is 22.2 Å². The molecule has 33 heavy (non-hydrogen) atoms. The van der Waals surface area contributed by atoms with Crippen molar-refractivity contribution in [3.63, 3.8) is 0 Å². The molecule has 6 unspecified atom stereocenters. The van der Waals surface area contributed by atoms with Crippen molar-refractivity contribution in [2.45, 2.75) is 128 Å². The molecule has 0 radical (unpaired) electrons. The molecule has 4 aliphatic carbocycles. The Balaban J connectivity index is 0.000000160. The SMILES string of the molecule is CC1CC1(C)N.CCC1CC1(C)N.CCCCC1CC1(C)N.NC1(Cc2ccccc2)CC1. The maximum atomic E-state index is 5.98. The van der Waals surface area contributed by atoms with E-state index >= 15 is 0 Å². The summed E-state index contributed by atoms with van der Waals surface area (Å²) in [5, 5.41) is 0. The van der Waals surface area contributed by atoms with E-state index in [1.807, 2.05) is 6.07 Å². The molecule has 5 rings (SSSR count). The van der Waals surface area contributed by atoms with E-state index in [0.717, 1.165) is 24.2 Å². The van der Waals surface area contributed by atoms with Gasteiger partial charge in [0.2, 0.25) is 0 Å². The van der Waals surface area contributed by atoms with Crippen molar-refractivity contribution in [1.29, 1.82) is 0 Å². The van der Waals surface area contributed by atoms with E-state index in [0.29, 0.717) is 0 Å². The van der Waals surface area contributed by atoms with Gasteiger partial charge in [-0.25, -0.2) is 0 Å². The molecular weight excluding hydrogens is 404 g/mol. The molecule has 0 heterocycles. The van der Waals surface area contributed by atoms with Crippen LogP contribution in [0.1, 0.15) is 105 Å². The Bertz CT molecular complexity index is 706. The summed E-state index contributed by atoms with van der Waals surface area (Å²) in [4.78, 5) is 0. The van der Waals surface area contributed by atoms with Crippen molar-refractivity contribution in [2.75, 3.05) is 0 Å². The first-order chi connectivity index (χ1) is 15.2. The van der Waals surface area contributed by atoms with Gasteiger partial charge in [-0.2, -0.15) is 0 Å². The Morgan fingerprint density at radius 2 is 1.24 bits per heavy atom. The highest BCUT2D eigenvalue weighted by Crippen LogP contribution is 2.44. The lowest BCUT2D eigenvalue weighted by molar-refractivity contribution is 0.575. The van der Waals surface area contributed by atoms with Crippen LogP contribution in [0.15, 0.2) is 30.3 Å². The fourth-order valence-corrected chi connectivity index (χ4v) is 4.38. The van der Waals surface area contributed by atoms with Crippen LogP contribution in [0.3, 0.4) is 0 Å². The summed E-state index contributed by atoms with van der Waals surface area (Å²) in [6.45, 7) is 13.0. The van der Waals surface area contributed by atoms with Gasteiger partial charge in [-0.15, -0.1) is 0 Å². The van der Waals surface area contributed by atoms with Gasteiger partial charge in [0.15, 0.2) is 0 Å². The molecule has 0 aliphatic heterocycles. The topological polar surface area (TPSA) is 104 Å². The van der Waals surface area contributed by atoms with Gasteiger partial charge < -0.3 is 22.9 Å². The zero-order valence-corrected chi connectivity index (χ0v) is 22.5. The third-order valence-corrected chi connectivity index (χ3v) is 8.32. The third kappa shape index (κ3) is 10.5. The third-order valence-electron chi connectivity index (χ3n) is 8.32. The van der Waals surface area contributed by atoms with Crippen LogP contribution >= 0.6 is 0 Å². The lowest BCUT2D eigenvalue weighted by Gasteiger charge is -2.06. The molecule has 1 aromatic carbocycles. The molecule has 4 nitrogen and oxygen atoms in total. The predicted octanol–water partition coefficient (Wildman–Crippen LogP) is 5.51. The predicted molar refractivity (Wildman–Crippen MR) is 144 cm³/mol. The molecule has 8 N–H and O–H groups in total. The van der Waals surface area contributed by atoms with E-state index in [2.05, 4.69) is 65.8 Å². The lowest BCUT2D eigenvalue weighted by atomic mass is 10.1. The Morgan fingerprint density at radius 3 is 1.52 bits per heavy atom. The van der Waals surface area contributed by atoms with E-state index in [9.17, 15) is 0 Å². The van der Waals surface area contributed by atoms with Crippen LogP contribution in [0.2, 0.25) is 0 Å². The zero-order chi connectivity index (χ0) is 24.9. The molecule has 0 amide bonds. The second-order valence-electron chi connectivity index (χ2n) is 12.5. The van der Waals surface area contributed by atoms with E-state index in [1.54, 1.807) is 0 Å². The number of nitrogens with two attached hydrogens (primary N) is 4. The highest BCUT2D eigenvalue weighted by Gasteiger charge is 2.45. The minimum atomic E-state index is 0.154. The van der Waals surface area contributed by atoms with Gasteiger partial charge in [0.05, 0.1) is 0 Å². The number of hydrogen-bond acceptors (Lipinski definition) is 4. The Morgan fingerprint density at radius 1 is 0.788 bits per heavy atom. The summed E-state index contributed by atoms with van der Waals surface area (Å²) in [7, 11) is 0. The molecule has 4 heteroatoms. The Hall–Kier alpha value is -0.940. The highest BCUT2D eigenvalue weighted by molar-refractivity contribution is 5.20. The van der Waals surface area contributed by atoms with Crippen LogP contribution in [0.25, 0.3) is 0 Å². The first kappa shape index (κ1) is 28.3. The molecule has 4 saturated carbocycles. The van der Waals surface area contributed by atoms with E-state index < -0.39 is 0 Å². The normalized spacial score (nSPS) is 38.3. The molecule has 1 aromatic rings. The first-order valence-electron chi connectivity index (χ1n) is 13.4. The second kappa shape index (κ2) is 11.2. The van der Waals surface area contributed by atoms with E-state index in [1.165, 1.54) is 63.4 Å². The Kier molecular flexibility index (Phi) is 9.60. The van der Waals surface area contributed by atoms with Crippen LogP contribution in [0, 0.1) is 17.8 Å². The zero-order valence-electron chi connectivity index (χ0n) is 22.5. The standard InChI is InChI=1S/C10H13N.C8H17N.C6H13N.C5H11N/c11-10(6-7-10)8-9-4-2-1-3-5-9;1-3-4-5-7-6-8(7,2)9;1-3-5-4-6(5,2)7;1-4-3-5(4,2)6/h1-5H,6-8,11H2;7H,3-6,9H2,1-2H3;5H,3-4,7H2,1-2H3;4H,3,6H2,1-2H3. The number of rotatable bonds is 6. The van der Waals surface area contributed by atoms with Gasteiger partial charge in [-0.3, -0.25) is 0 Å². The van der Waals surface area contributed by atoms with Crippen LogP contribution < -0.4 is 22.9 Å². The van der Waals surface area contributed by atoms with Crippen molar-refractivity contribution >= 4 is 0 Å². The van der Waals surface area contributed by atoms with Crippen molar-refractivity contribution in [2.24, 2.45) is 40.7 Å². The van der Waals surface area contributed by atoms with Gasteiger partial charge in [-0.05, 0) is 89.0 Å². The maximum Gasteiger partial charge on any atom is 0.0196 e. The highest BCUT2D eigenvalue weighted by atomic mass is 14.8. The summed E-state index contributed by atoms with van der Waals surface area (Å²) >= 11 is 0. The average molecular weight is 459 g/mol. The molecule has 4 aliphatic rings. The molecule has 0 saturated heterocycles. The average Bonchev–Trinajstić information content (AvgIpc) is 3.69. The largest absolute Gasteiger partial charge is 0.325 e. The molecule has 0 bridgehead atoms. The van der Waals surface area contributed by atoms with Gasteiger partial charge in [0.1, 0.15) is 0 Å². The van der Waals surface area contributed by atoms with Crippen molar-refractivity contribution in [1.82, 2.24) is 0 Å². The molecule has 4 fully saturated rings. The van der Waals surface area contributed by atoms with E-state index in [-0.39, 0.29) is 22.2 Å². The summed E-state index contributed by atoms with van der Waals surface area (Å²) in [5.74, 6) is 2.45. The van der Waals surface area contributed by atoms with Gasteiger partial charge >= 0.3 is 0 Å². The molecular formula is C29H54N4. The summed E-state index contributed by atoms with van der Waals surface area (Å²) in [6, 6.07) is 10.5. The van der Waals surface area contributed by atoms with Crippen molar-refractivity contribution in [3.05, 3.63) is 35.9 Å². The minimum Gasteiger partial charge on any atom is -0.325 e. The van der Waals surface area contributed by atoms with Crippen LogP contribution in [0.4, 0.5) is 0 Å². The van der Waals surface area contributed by atoms with Crippen molar-refractivity contribution in [3.8, 4) is 0 Å². The van der Waals surface area contributed by atoms with Crippen LogP contribution in [0.5, 0.6) is 0 Å². The molecule has 0 spiro atoms. The van der Waals surface area contributed by atoms with E-state index in [4.69, 9.17) is 22.9 Å². The number of hydrogen-bond donors (Lipinski definition) is 4. The van der Waals surface area contributed by atoms with Crippen LogP contribution in [-0.2, 0) is 6.42 Å². The molecule has 190 valence electrons. The minimum absolute atomic E-state index is 0.154. The monoisotopic (exact) mass is 458 g/mol. The summed E-state index contributed by atoms with van der Waals surface area (Å²) < 4.78 is 0. The summed E-state index contributed by atoms with van der Waals surface area (Å²) in [5.41, 5.74) is 25.3. The second-order valence-corrected chi connectivity index (χ2v) is 12.5. The molecule has 0 aromatic heterocycles. The first-order valence-corrected chi connectivity index (χ1v) is 13.4. The van der Waals surface area contributed by atoms with Gasteiger partial charge in [0.25, 0.3) is 0 Å². The van der Waals surface area contributed by atoms with Crippen molar-refractivity contribution < 1.29 is 0 Å². The summed E-state index contributed by atoms with van der Waals surface area (Å²) in [6.07, 6.45) is 12.4. The van der Waals surface area contributed by atoms with Gasteiger partial charge in [-0.1, -0.05) is 70.4 Å². The fraction of sp³-hybridized carbons (Fsp3) is 0.793. The maximum absolute atomic E-state index is 5.98. The quantitative estimate of drug-likeness (QED) is 0.451. The number of unbranched alkanes of at least 4 members (excludes halogenated alkanes) is 1. The fourth-order valence-electron chi connectivity index (χ4n) is 4.38.